The first-order valence-electron chi connectivity index (χ1n) is 4.89. The van der Waals surface area contributed by atoms with Crippen molar-refractivity contribution in [2.24, 2.45) is 5.73 Å². The first kappa shape index (κ1) is 14.7. The van der Waals surface area contributed by atoms with E-state index in [0.717, 1.165) is 0 Å². The number of amidine groups is 1. The molecule has 0 aliphatic carbocycles. The molecule has 16 heavy (non-hydrogen) atoms. The molecule has 0 saturated heterocycles. The molecule has 90 valence electrons. The van der Waals surface area contributed by atoms with Gasteiger partial charge < -0.3 is 15.2 Å². The molecule has 0 aliphatic rings. The summed E-state index contributed by atoms with van der Waals surface area (Å²) in [6.07, 6.45) is 0. The van der Waals surface area contributed by atoms with Crippen LogP contribution in [0.25, 0.3) is 0 Å². The van der Waals surface area contributed by atoms with Crippen molar-refractivity contribution in [3.8, 4) is 5.75 Å². The van der Waals surface area contributed by atoms with Gasteiger partial charge in [-0.2, -0.15) is 0 Å². The number of nitrogens with two attached hydrogens (primary N) is 1. The lowest BCUT2D eigenvalue weighted by molar-refractivity contribution is 0.110. The molecule has 1 aromatic carbocycles. The molecule has 1 rings (SSSR count). The topological polar surface area (TPSA) is 68.3 Å². The summed E-state index contributed by atoms with van der Waals surface area (Å²) in [5.74, 6) is 0.645. The normalized spacial score (nSPS) is 9.31. The number of ether oxygens (including phenoxy) is 2. The van der Waals surface area contributed by atoms with E-state index in [1.54, 1.807) is 12.1 Å². The minimum atomic E-state index is 0. The van der Waals surface area contributed by atoms with Crippen LogP contribution in [0.5, 0.6) is 5.75 Å². The van der Waals surface area contributed by atoms with E-state index in [2.05, 4.69) is 0 Å². The maximum atomic E-state index is 7.36. The van der Waals surface area contributed by atoms with Gasteiger partial charge in [0.25, 0.3) is 0 Å². The van der Waals surface area contributed by atoms with Crippen LogP contribution in [-0.4, -0.2) is 25.7 Å². The van der Waals surface area contributed by atoms with Crippen LogP contribution in [0.4, 0.5) is 0 Å². The van der Waals surface area contributed by atoms with E-state index in [9.17, 15) is 0 Å². The lowest BCUT2D eigenvalue weighted by Crippen LogP contribution is -2.14. The summed E-state index contributed by atoms with van der Waals surface area (Å²) in [5.41, 5.74) is 6.04. The van der Waals surface area contributed by atoms with E-state index in [1.165, 1.54) is 0 Å². The van der Waals surface area contributed by atoms with E-state index in [-0.39, 0.29) is 18.2 Å². The average Bonchev–Trinajstić information content (AvgIpc) is 2.25. The third-order valence-electron chi connectivity index (χ3n) is 1.87. The lowest BCUT2D eigenvalue weighted by atomic mass is 10.2. The summed E-state index contributed by atoms with van der Waals surface area (Å²) in [4.78, 5) is 0. The number of nitrogen functional groups attached to an aromatic ring is 1. The SMILES string of the molecule is CCOCCOc1ccccc1C(=N)N.Cl. The number of benzene rings is 1. The molecule has 0 aliphatic heterocycles. The Morgan fingerprint density at radius 2 is 2.00 bits per heavy atom. The molecule has 3 N–H and O–H groups in total. The Kier molecular flexibility index (Phi) is 7.33. The highest BCUT2D eigenvalue weighted by molar-refractivity contribution is 5.97. The first-order chi connectivity index (χ1) is 7.25. The largest absolute Gasteiger partial charge is 0.490 e. The number of hydrogen-bond acceptors (Lipinski definition) is 3. The fourth-order valence-electron chi connectivity index (χ4n) is 1.17. The second-order valence-electron chi connectivity index (χ2n) is 2.96. The fourth-order valence-corrected chi connectivity index (χ4v) is 1.17. The van der Waals surface area contributed by atoms with Gasteiger partial charge in [-0.1, -0.05) is 12.1 Å². The molecule has 0 radical (unpaired) electrons. The Hall–Kier alpha value is -1.26. The molecule has 0 atom stereocenters. The first-order valence-corrected chi connectivity index (χ1v) is 4.89. The Balaban J connectivity index is 0.00000225. The Bertz CT molecular complexity index is 332. The van der Waals surface area contributed by atoms with Crippen molar-refractivity contribution in [1.29, 1.82) is 5.41 Å². The quantitative estimate of drug-likeness (QED) is 0.456. The van der Waals surface area contributed by atoms with Crippen molar-refractivity contribution in [2.75, 3.05) is 19.8 Å². The molecular weight excluding hydrogens is 228 g/mol. The summed E-state index contributed by atoms with van der Waals surface area (Å²) in [6, 6.07) is 7.23. The van der Waals surface area contributed by atoms with E-state index in [4.69, 9.17) is 20.6 Å². The van der Waals surface area contributed by atoms with Gasteiger partial charge in [0.2, 0.25) is 0 Å². The molecule has 0 saturated carbocycles. The molecule has 0 bridgehead atoms. The zero-order valence-corrected chi connectivity index (χ0v) is 10.0. The van der Waals surface area contributed by atoms with E-state index in [0.29, 0.717) is 31.1 Å². The van der Waals surface area contributed by atoms with Gasteiger partial charge in [0.15, 0.2) is 0 Å². The molecule has 0 spiro atoms. The van der Waals surface area contributed by atoms with Crippen LogP contribution in [-0.2, 0) is 4.74 Å². The van der Waals surface area contributed by atoms with Crippen LogP contribution in [0, 0.1) is 5.41 Å². The summed E-state index contributed by atoms with van der Waals surface area (Å²) >= 11 is 0. The van der Waals surface area contributed by atoms with Crippen LogP contribution < -0.4 is 10.5 Å². The Morgan fingerprint density at radius 3 is 2.62 bits per heavy atom. The minimum Gasteiger partial charge on any atom is -0.490 e. The van der Waals surface area contributed by atoms with E-state index in [1.807, 2.05) is 19.1 Å². The fraction of sp³-hybridized carbons (Fsp3) is 0.364. The molecule has 4 nitrogen and oxygen atoms in total. The van der Waals surface area contributed by atoms with E-state index < -0.39 is 0 Å². The van der Waals surface area contributed by atoms with Gasteiger partial charge in [-0.05, 0) is 19.1 Å². The van der Waals surface area contributed by atoms with Gasteiger partial charge in [0, 0.05) is 6.61 Å². The maximum absolute atomic E-state index is 7.36. The molecular formula is C11H17ClN2O2. The Labute approximate surface area is 102 Å². The second-order valence-corrected chi connectivity index (χ2v) is 2.96. The van der Waals surface area contributed by atoms with Crippen LogP contribution >= 0.6 is 12.4 Å². The smallest absolute Gasteiger partial charge is 0.130 e. The highest BCUT2D eigenvalue weighted by Crippen LogP contribution is 2.16. The van der Waals surface area contributed by atoms with Gasteiger partial charge in [-0.15, -0.1) is 12.4 Å². The van der Waals surface area contributed by atoms with Crippen LogP contribution in [0.2, 0.25) is 0 Å². The standard InChI is InChI=1S/C11H16N2O2.ClH/c1-2-14-7-8-15-10-6-4-3-5-9(10)11(12)13;/h3-6H,2,7-8H2,1H3,(H3,12,13);1H. The van der Waals surface area contributed by atoms with Gasteiger partial charge in [-0.25, -0.2) is 0 Å². The number of nitrogens with one attached hydrogen (secondary N) is 1. The molecule has 0 aromatic heterocycles. The molecule has 5 heteroatoms. The van der Waals surface area contributed by atoms with Crippen molar-refractivity contribution in [2.45, 2.75) is 6.92 Å². The van der Waals surface area contributed by atoms with Crippen molar-refractivity contribution in [1.82, 2.24) is 0 Å². The number of halogens is 1. The van der Waals surface area contributed by atoms with Crippen molar-refractivity contribution < 1.29 is 9.47 Å². The third kappa shape index (κ3) is 4.51. The van der Waals surface area contributed by atoms with Gasteiger partial charge >= 0.3 is 0 Å². The molecule has 0 fully saturated rings. The number of rotatable bonds is 6. The third-order valence-corrected chi connectivity index (χ3v) is 1.87. The monoisotopic (exact) mass is 244 g/mol. The zero-order valence-electron chi connectivity index (χ0n) is 9.23. The molecule has 0 amide bonds. The second kappa shape index (κ2) is 7.96. The summed E-state index contributed by atoms with van der Waals surface area (Å²) in [6.45, 7) is 3.63. The molecule has 1 aromatic rings. The van der Waals surface area contributed by atoms with Crippen LogP contribution in [0.15, 0.2) is 24.3 Å². The summed E-state index contributed by atoms with van der Waals surface area (Å²) in [5, 5.41) is 7.36. The average molecular weight is 245 g/mol. The van der Waals surface area contributed by atoms with Crippen LogP contribution in [0.1, 0.15) is 12.5 Å². The summed E-state index contributed by atoms with van der Waals surface area (Å²) < 4.78 is 10.6. The molecule has 0 heterocycles. The maximum Gasteiger partial charge on any atom is 0.130 e. The van der Waals surface area contributed by atoms with E-state index >= 15 is 0 Å². The number of hydrogen-bond donors (Lipinski definition) is 2. The zero-order chi connectivity index (χ0) is 11.1. The van der Waals surface area contributed by atoms with Crippen LogP contribution in [0.3, 0.4) is 0 Å². The predicted molar refractivity (Wildman–Crippen MR) is 66.7 cm³/mol. The minimum absolute atomic E-state index is 0. The van der Waals surface area contributed by atoms with Gasteiger partial charge in [0.1, 0.15) is 18.2 Å². The van der Waals surface area contributed by atoms with Gasteiger partial charge in [0.05, 0.1) is 12.2 Å². The summed E-state index contributed by atoms with van der Waals surface area (Å²) in [7, 11) is 0. The van der Waals surface area contributed by atoms with Gasteiger partial charge in [-0.3, -0.25) is 5.41 Å². The lowest BCUT2D eigenvalue weighted by Gasteiger charge is -2.09. The Morgan fingerprint density at radius 1 is 1.31 bits per heavy atom. The van der Waals surface area contributed by atoms with Crippen molar-refractivity contribution >= 4 is 18.2 Å². The van der Waals surface area contributed by atoms with Crippen molar-refractivity contribution in [3.05, 3.63) is 29.8 Å². The highest BCUT2D eigenvalue weighted by atomic mass is 35.5. The molecule has 0 unspecified atom stereocenters. The highest BCUT2D eigenvalue weighted by Gasteiger charge is 2.04. The predicted octanol–water partition coefficient (Wildman–Crippen LogP) is 1.81. The van der Waals surface area contributed by atoms with Crippen molar-refractivity contribution in [3.63, 3.8) is 0 Å². The number of para-hydroxylation sites is 1.